The highest BCUT2D eigenvalue weighted by molar-refractivity contribution is 5.29. The second kappa shape index (κ2) is 3.24. The molecular weight excluding hydrogens is 172 g/mol. The molecule has 0 aromatic rings. The van der Waals surface area contributed by atoms with E-state index in [9.17, 15) is 5.26 Å². The van der Waals surface area contributed by atoms with Crippen LogP contribution in [-0.2, 0) is 0 Å². The molecule has 2 nitrogen and oxygen atoms in total. The first-order valence-corrected chi connectivity index (χ1v) is 5.79. The summed E-state index contributed by atoms with van der Waals surface area (Å²) in [5.74, 6) is 0. The molecule has 2 saturated carbocycles. The molecule has 2 fully saturated rings. The van der Waals surface area contributed by atoms with E-state index in [0.717, 1.165) is 6.42 Å². The first kappa shape index (κ1) is 9.98. The van der Waals surface area contributed by atoms with Gasteiger partial charge in [0.25, 0.3) is 0 Å². The molecule has 0 radical (unpaired) electrons. The quantitative estimate of drug-likeness (QED) is 0.730. The Hall–Kier alpha value is -0.550. The van der Waals surface area contributed by atoms with Crippen molar-refractivity contribution in [2.24, 2.45) is 5.41 Å². The zero-order valence-electron chi connectivity index (χ0n) is 9.27. The number of nitrogens with one attached hydrogen (secondary N) is 1. The molecule has 0 heterocycles. The van der Waals surface area contributed by atoms with E-state index in [2.05, 4.69) is 25.2 Å². The van der Waals surface area contributed by atoms with Crippen LogP contribution < -0.4 is 5.32 Å². The molecule has 1 unspecified atom stereocenters. The van der Waals surface area contributed by atoms with Gasteiger partial charge in [-0.05, 0) is 24.7 Å². The standard InChI is InChI=1S/C12H20N2/c1-11(2)8-12(11,9-13)14-10-6-4-3-5-7-10/h10,14H,3-8H2,1-2H3. The molecule has 2 aliphatic carbocycles. The number of rotatable bonds is 2. The zero-order valence-corrected chi connectivity index (χ0v) is 9.27. The molecule has 0 aliphatic heterocycles. The van der Waals surface area contributed by atoms with Crippen molar-refractivity contribution < 1.29 is 0 Å². The van der Waals surface area contributed by atoms with Crippen LogP contribution in [0.1, 0.15) is 52.4 Å². The van der Waals surface area contributed by atoms with Gasteiger partial charge in [0.2, 0.25) is 0 Å². The molecule has 0 bridgehead atoms. The fraction of sp³-hybridized carbons (Fsp3) is 0.917. The van der Waals surface area contributed by atoms with Gasteiger partial charge in [0, 0.05) is 6.04 Å². The number of nitriles is 1. The summed E-state index contributed by atoms with van der Waals surface area (Å²) in [5, 5.41) is 12.8. The molecule has 0 amide bonds. The molecule has 2 heteroatoms. The second-order valence-electron chi connectivity index (χ2n) is 5.56. The lowest BCUT2D eigenvalue weighted by Gasteiger charge is -2.27. The Kier molecular flexibility index (Phi) is 2.31. The molecule has 2 aliphatic rings. The molecule has 2 rings (SSSR count). The van der Waals surface area contributed by atoms with Crippen LogP contribution in [0.15, 0.2) is 0 Å². The van der Waals surface area contributed by atoms with Crippen molar-refractivity contribution in [3.63, 3.8) is 0 Å². The minimum absolute atomic E-state index is 0.194. The monoisotopic (exact) mass is 192 g/mol. The Balaban J connectivity index is 1.94. The zero-order chi connectivity index (χ0) is 10.2. The molecular formula is C12H20N2. The van der Waals surface area contributed by atoms with Crippen LogP contribution in [-0.4, -0.2) is 11.6 Å². The summed E-state index contributed by atoms with van der Waals surface area (Å²) in [6, 6.07) is 3.08. The van der Waals surface area contributed by atoms with E-state index in [1.165, 1.54) is 32.1 Å². The fourth-order valence-electron chi connectivity index (χ4n) is 2.68. The van der Waals surface area contributed by atoms with Crippen molar-refractivity contribution in [2.45, 2.75) is 64.0 Å². The third kappa shape index (κ3) is 1.54. The SMILES string of the molecule is CC1(C)CC1(C#N)NC1CCCCC1. The van der Waals surface area contributed by atoms with Gasteiger partial charge in [0.1, 0.15) is 5.54 Å². The lowest BCUT2D eigenvalue weighted by atomic mass is 9.93. The third-order valence-electron chi connectivity index (χ3n) is 3.98. The third-order valence-corrected chi connectivity index (χ3v) is 3.98. The summed E-state index contributed by atoms with van der Waals surface area (Å²) in [4.78, 5) is 0. The lowest BCUT2D eigenvalue weighted by molar-refractivity contribution is 0.327. The van der Waals surface area contributed by atoms with Gasteiger partial charge >= 0.3 is 0 Å². The highest BCUT2D eigenvalue weighted by atomic mass is 15.1. The minimum Gasteiger partial charge on any atom is -0.296 e. The fourth-order valence-corrected chi connectivity index (χ4v) is 2.68. The van der Waals surface area contributed by atoms with Gasteiger partial charge in [0.05, 0.1) is 6.07 Å². The lowest BCUT2D eigenvalue weighted by Crippen LogP contribution is -2.43. The van der Waals surface area contributed by atoms with Crippen LogP contribution in [0.5, 0.6) is 0 Å². The number of nitrogens with zero attached hydrogens (tertiary/aromatic N) is 1. The van der Waals surface area contributed by atoms with E-state index in [0.29, 0.717) is 6.04 Å². The van der Waals surface area contributed by atoms with Gasteiger partial charge in [-0.2, -0.15) is 5.26 Å². The van der Waals surface area contributed by atoms with Gasteiger partial charge in [-0.15, -0.1) is 0 Å². The predicted octanol–water partition coefficient (Wildman–Crippen LogP) is 2.60. The minimum atomic E-state index is -0.199. The average molecular weight is 192 g/mol. The molecule has 0 aromatic carbocycles. The number of hydrogen-bond acceptors (Lipinski definition) is 2. The first-order valence-electron chi connectivity index (χ1n) is 5.79. The molecule has 0 aromatic heterocycles. The summed E-state index contributed by atoms with van der Waals surface area (Å²) >= 11 is 0. The molecule has 0 saturated heterocycles. The summed E-state index contributed by atoms with van der Waals surface area (Å²) in [6.07, 6.45) is 7.59. The Morgan fingerprint density at radius 3 is 2.21 bits per heavy atom. The van der Waals surface area contributed by atoms with Crippen LogP contribution in [0.3, 0.4) is 0 Å². The van der Waals surface area contributed by atoms with Gasteiger partial charge in [-0.3, -0.25) is 5.32 Å². The van der Waals surface area contributed by atoms with E-state index >= 15 is 0 Å². The highest BCUT2D eigenvalue weighted by Gasteiger charge is 2.62. The average Bonchev–Trinajstić information content (AvgIpc) is 2.70. The van der Waals surface area contributed by atoms with E-state index < -0.39 is 0 Å². The van der Waals surface area contributed by atoms with Crippen molar-refractivity contribution in [2.75, 3.05) is 0 Å². The summed E-state index contributed by atoms with van der Waals surface area (Å²) < 4.78 is 0. The molecule has 14 heavy (non-hydrogen) atoms. The van der Waals surface area contributed by atoms with Crippen LogP contribution in [0.4, 0.5) is 0 Å². The maximum absolute atomic E-state index is 9.21. The van der Waals surface area contributed by atoms with Gasteiger partial charge in [-0.25, -0.2) is 0 Å². The van der Waals surface area contributed by atoms with Crippen molar-refractivity contribution in [1.29, 1.82) is 5.26 Å². The molecule has 0 spiro atoms. The number of hydrogen-bond donors (Lipinski definition) is 1. The Labute approximate surface area is 86.7 Å². The van der Waals surface area contributed by atoms with Gasteiger partial charge < -0.3 is 0 Å². The summed E-state index contributed by atoms with van der Waals surface area (Å²) in [5.41, 5.74) is -0.00575. The van der Waals surface area contributed by atoms with Gasteiger partial charge in [-0.1, -0.05) is 33.1 Å². The molecule has 1 atom stereocenters. The summed E-state index contributed by atoms with van der Waals surface area (Å²) in [6.45, 7) is 4.37. The first-order chi connectivity index (χ1) is 6.60. The van der Waals surface area contributed by atoms with Crippen molar-refractivity contribution in [1.82, 2.24) is 5.32 Å². The van der Waals surface area contributed by atoms with Crippen LogP contribution in [0.25, 0.3) is 0 Å². The molecule has 78 valence electrons. The van der Waals surface area contributed by atoms with E-state index in [1.54, 1.807) is 0 Å². The predicted molar refractivity (Wildman–Crippen MR) is 56.8 cm³/mol. The van der Waals surface area contributed by atoms with Gasteiger partial charge in [0.15, 0.2) is 0 Å². The van der Waals surface area contributed by atoms with E-state index in [1.807, 2.05) is 0 Å². The Morgan fingerprint density at radius 2 is 1.79 bits per heavy atom. The van der Waals surface area contributed by atoms with Crippen molar-refractivity contribution in [3.8, 4) is 6.07 Å². The summed E-state index contributed by atoms with van der Waals surface area (Å²) in [7, 11) is 0. The van der Waals surface area contributed by atoms with Crippen LogP contribution in [0, 0.1) is 16.7 Å². The largest absolute Gasteiger partial charge is 0.296 e. The van der Waals surface area contributed by atoms with Crippen LogP contribution in [0.2, 0.25) is 0 Å². The molecule has 1 N–H and O–H groups in total. The Bertz CT molecular complexity index is 258. The van der Waals surface area contributed by atoms with Crippen molar-refractivity contribution >= 4 is 0 Å². The topological polar surface area (TPSA) is 35.8 Å². The Morgan fingerprint density at radius 1 is 1.21 bits per heavy atom. The maximum Gasteiger partial charge on any atom is 0.112 e. The smallest absolute Gasteiger partial charge is 0.112 e. The van der Waals surface area contributed by atoms with Crippen LogP contribution >= 0.6 is 0 Å². The van der Waals surface area contributed by atoms with Crippen molar-refractivity contribution in [3.05, 3.63) is 0 Å². The van der Waals surface area contributed by atoms with E-state index in [4.69, 9.17) is 0 Å². The highest BCUT2D eigenvalue weighted by Crippen LogP contribution is 2.55. The second-order valence-corrected chi connectivity index (χ2v) is 5.56. The van der Waals surface area contributed by atoms with E-state index in [-0.39, 0.29) is 11.0 Å². The normalized spacial score (nSPS) is 36.4. The maximum atomic E-state index is 9.21.